The van der Waals surface area contributed by atoms with Gasteiger partial charge in [0, 0.05) is 5.56 Å². The molecule has 18 heavy (non-hydrogen) atoms. The second kappa shape index (κ2) is 4.03. The van der Waals surface area contributed by atoms with Crippen molar-refractivity contribution in [3.8, 4) is 11.3 Å². The largest absolute Gasteiger partial charge is 0.382 e. The first-order valence-electron chi connectivity index (χ1n) is 5.54. The van der Waals surface area contributed by atoms with Gasteiger partial charge in [0.25, 0.3) is 0 Å². The zero-order valence-electron chi connectivity index (χ0n) is 9.83. The molecule has 0 bridgehead atoms. The maximum absolute atomic E-state index is 5.77. The van der Waals surface area contributed by atoms with Crippen LogP contribution in [0.15, 0.2) is 36.8 Å². The molecule has 0 aliphatic carbocycles. The Morgan fingerprint density at radius 2 is 1.78 bits per heavy atom. The van der Waals surface area contributed by atoms with Gasteiger partial charge in [-0.1, -0.05) is 29.8 Å². The van der Waals surface area contributed by atoms with Crippen LogP contribution < -0.4 is 5.73 Å². The second-order valence-electron chi connectivity index (χ2n) is 4.05. The van der Waals surface area contributed by atoms with Gasteiger partial charge in [0.05, 0.1) is 11.9 Å². The Kier molecular flexibility index (Phi) is 2.37. The molecular weight excluding hydrogens is 226 g/mol. The lowest BCUT2D eigenvalue weighted by atomic mass is 10.1. The van der Waals surface area contributed by atoms with Crippen molar-refractivity contribution in [1.82, 2.24) is 19.9 Å². The van der Waals surface area contributed by atoms with Gasteiger partial charge in [-0.15, -0.1) is 0 Å². The van der Waals surface area contributed by atoms with Crippen molar-refractivity contribution >= 4 is 17.0 Å². The Morgan fingerprint density at radius 3 is 2.56 bits per heavy atom. The highest BCUT2D eigenvalue weighted by Crippen LogP contribution is 2.20. The maximum atomic E-state index is 5.77. The molecule has 0 radical (unpaired) electrons. The molecule has 2 N–H and O–H groups in total. The number of aryl methyl sites for hydroxylation is 1. The third kappa shape index (κ3) is 1.75. The molecule has 0 aliphatic heterocycles. The highest BCUT2D eigenvalue weighted by Gasteiger charge is 2.06. The molecule has 2 heterocycles. The molecule has 0 saturated heterocycles. The van der Waals surface area contributed by atoms with E-state index in [-0.39, 0.29) is 0 Å². The summed E-state index contributed by atoms with van der Waals surface area (Å²) in [5.74, 6) is 0.349. The molecule has 0 aliphatic rings. The highest BCUT2D eigenvalue weighted by atomic mass is 15.0. The van der Waals surface area contributed by atoms with Crippen molar-refractivity contribution in [3.05, 3.63) is 42.4 Å². The summed E-state index contributed by atoms with van der Waals surface area (Å²) < 4.78 is 0. The van der Waals surface area contributed by atoms with Crippen LogP contribution in [0.3, 0.4) is 0 Å². The number of anilines is 1. The predicted molar refractivity (Wildman–Crippen MR) is 69.7 cm³/mol. The molecule has 0 unspecified atom stereocenters. The van der Waals surface area contributed by atoms with Gasteiger partial charge >= 0.3 is 0 Å². The fourth-order valence-electron chi connectivity index (χ4n) is 1.72. The van der Waals surface area contributed by atoms with E-state index < -0.39 is 0 Å². The first-order valence-corrected chi connectivity index (χ1v) is 5.54. The van der Waals surface area contributed by atoms with E-state index in [1.165, 1.54) is 11.9 Å². The van der Waals surface area contributed by atoms with Gasteiger partial charge in [-0.2, -0.15) is 0 Å². The Hall–Kier alpha value is -2.56. The lowest BCUT2D eigenvalue weighted by Crippen LogP contribution is -1.98. The zero-order chi connectivity index (χ0) is 12.5. The van der Waals surface area contributed by atoms with E-state index in [1.54, 1.807) is 6.20 Å². The minimum atomic E-state index is 0.349. The van der Waals surface area contributed by atoms with Crippen molar-refractivity contribution < 1.29 is 0 Å². The Labute approximate surface area is 104 Å². The normalized spacial score (nSPS) is 10.7. The first kappa shape index (κ1) is 10.6. The molecule has 0 amide bonds. The van der Waals surface area contributed by atoms with E-state index in [0.717, 1.165) is 11.3 Å². The minimum absolute atomic E-state index is 0.349. The van der Waals surface area contributed by atoms with Crippen molar-refractivity contribution in [2.45, 2.75) is 6.92 Å². The van der Waals surface area contributed by atoms with E-state index >= 15 is 0 Å². The summed E-state index contributed by atoms with van der Waals surface area (Å²) in [7, 11) is 0. The molecule has 5 nitrogen and oxygen atoms in total. The maximum Gasteiger partial charge on any atom is 0.183 e. The quantitative estimate of drug-likeness (QED) is 0.700. The molecule has 3 aromatic rings. The van der Waals surface area contributed by atoms with Crippen molar-refractivity contribution in [2.75, 3.05) is 5.73 Å². The van der Waals surface area contributed by atoms with Crippen LogP contribution >= 0.6 is 0 Å². The van der Waals surface area contributed by atoms with Gasteiger partial charge in [0.1, 0.15) is 6.33 Å². The third-order valence-electron chi connectivity index (χ3n) is 2.72. The second-order valence-corrected chi connectivity index (χ2v) is 4.05. The number of nitrogen functional groups attached to an aromatic ring is 1. The fourth-order valence-corrected chi connectivity index (χ4v) is 1.72. The summed E-state index contributed by atoms with van der Waals surface area (Å²) in [4.78, 5) is 16.7. The van der Waals surface area contributed by atoms with Crippen molar-refractivity contribution in [1.29, 1.82) is 0 Å². The van der Waals surface area contributed by atoms with E-state index in [4.69, 9.17) is 5.73 Å². The topological polar surface area (TPSA) is 77.6 Å². The standard InChI is InChI=1S/C13H11N5/c1-8-2-4-9(5-3-8)10-6-15-13-11(18-10)12(14)16-7-17-13/h2-7H,1H3,(H2,14,15,16,17). The SMILES string of the molecule is Cc1ccc(-c2cnc3ncnc(N)c3n2)cc1. The Bertz CT molecular complexity index is 706. The number of hydrogen-bond donors (Lipinski definition) is 1. The Morgan fingerprint density at radius 1 is 1.00 bits per heavy atom. The van der Waals surface area contributed by atoms with Gasteiger partial charge in [0.15, 0.2) is 17.0 Å². The predicted octanol–water partition coefficient (Wildman–Crippen LogP) is 1.98. The van der Waals surface area contributed by atoms with Crippen LogP contribution in [0.1, 0.15) is 5.56 Å². The number of aromatic nitrogens is 4. The Balaban J connectivity index is 2.18. The average molecular weight is 237 g/mol. The van der Waals surface area contributed by atoms with Gasteiger partial charge < -0.3 is 5.73 Å². The molecule has 1 aromatic carbocycles. The molecule has 0 spiro atoms. The monoisotopic (exact) mass is 237 g/mol. The molecule has 3 rings (SSSR count). The van der Waals surface area contributed by atoms with Gasteiger partial charge in [0.2, 0.25) is 0 Å². The van der Waals surface area contributed by atoms with E-state index in [9.17, 15) is 0 Å². The van der Waals surface area contributed by atoms with Gasteiger partial charge in [-0.05, 0) is 6.92 Å². The molecule has 88 valence electrons. The number of nitrogens with zero attached hydrogens (tertiary/aromatic N) is 4. The summed E-state index contributed by atoms with van der Waals surface area (Å²) >= 11 is 0. The van der Waals surface area contributed by atoms with E-state index in [2.05, 4.69) is 19.9 Å². The molecule has 2 aromatic heterocycles. The fraction of sp³-hybridized carbons (Fsp3) is 0.0769. The third-order valence-corrected chi connectivity index (χ3v) is 2.72. The molecule has 0 fully saturated rings. The number of rotatable bonds is 1. The van der Waals surface area contributed by atoms with Crippen molar-refractivity contribution in [2.24, 2.45) is 0 Å². The molecule has 5 heteroatoms. The van der Waals surface area contributed by atoms with Crippen molar-refractivity contribution in [3.63, 3.8) is 0 Å². The van der Waals surface area contributed by atoms with Crippen LogP contribution in [0, 0.1) is 6.92 Å². The number of fused-ring (bicyclic) bond motifs is 1. The van der Waals surface area contributed by atoms with Gasteiger partial charge in [-0.25, -0.2) is 19.9 Å². The number of hydrogen-bond acceptors (Lipinski definition) is 5. The summed E-state index contributed by atoms with van der Waals surface area (Å²) in [6.45, 7) is 2.04. The lowest BCUT2D eigenvalue weighted by molar-refractivity contribution is 1.15. The van der Waals surface area contributed by atoms with Gasteiger partial charge in [-0.3, -0.25) is 0 Å². The van der Waals surface area contributed by atoms with Crippen LogP contribution in [-0.2, 0) is 0 Å². The highest BCUT2D eigenvalue weighted by molar-refractivity contribution is 5.82. The van der Waals surface area contributed by atoms with Crippen LogP contribution in [-0.4, -0.2) is 19.9 Å². The van der Waals surface area contributed by atoms with Crippen LogP contribution in [0.2, 0.25) is 0 Å². The molecule has 0 atom stereocenters. The number of nitrogens with two attached hydrogens (primary N) is 1. The smallest absolute Gasteiger partial charge is 0.183 e. The zero-order valence-corrected chi connectivity index (χ0v) is 9.83. The van der Waals surface area contributed by atoms with Crippen LogP contribution in [0.4, 0.5) is 5.82 Å². The van der Waals surface area contributed by atoms with E-state index in [0.29, 0.717) is 17.0 Å². The van der Waals surface area contributed by atoms with E-state index in [1.807, 2.05) is 31.2 Å². The minimum Gasteiger partial charge on any atom is -0.382 e. The number of benzene rings is 1. The average Bonchev–Trinajstić information content (AvgIpc) is 2.40. The van der Waals surface area contributed by atoms with Crippen LogP contribution in [0.25, 0.3) is 22.4 Å². The summed E-state index contributed by atoms with van der Waals surface area (Å²) in [6, 6.07) is 8.08. The summed E-state index contributed by atoms with van der Waals surface area (Å²) in [5.41, 5.74) is 9.79. The summed E-state index contributed by atoms with van der Waals surface area (Å²) in [5, 5.41) is 0. The van der Waals surface area contributed by atoms with Crippen LogP contribution in [0.5, 0.6) is 0 Å². The lowest BCUT2D eigenvalue weighted by Gasteiger charge is -2.03. The molecule has 0 saturated carbocycles. The first-order chi connectivity index (χ1) is 8.74. The summed E-state index contributed by atoms with van der Waals surface area (Å²) in [6.07, 6.45) is 3.08. The molecular formula is C13H11N5.